The first-order chi connectivity index (χ1) is 12.5. The number of carboxylic acid groups (broad SMARTS) is 1. The van der Waals surface area contributed by atoms with Crippen molar-refractivity contribution in [1.82, 2.24) is 4.98 Å². The summed E-state index contributed by atoms with van der Waals surface area (Å²) < 4.78 is 5.63. The number of carbonyl (C=O) groups excluding carboxylic acids is 1. The number of nitrogens with zero attached hydrogens (tertiary/aromatic N) is 1. The Kier molecular flexibility index (Phi) is 4.58. The predicted octanol–water partition coefficient (Wildman–Crippen LogP) is 4.66. The second-order valence-electron chi connectivity index (χ2n) is 8.56. The number of aromatic nitrogens is 1. The van der Waals surface area contributed by atoms with Gasteiger partial charge in [-0.1, -0.05) is 33.8 Å². The Labute approximate surface area is 159 Å². The molecule has 1 heterocycles. The number of carbonyl (C=O) groups is 2. The Morgan fingerprint density at radius 1 is 1.04 bits per heavy atom. The van der Waals surface area contributed by atoms with Crippen LogP contribution < -0.4 is 4.74 Å². The highest BCUT2D eigenvalue weighted by Gasteiger charge is 2.37. The van der Waals surface area contributed by atoms with Crippen LogP contribution in [-0.2, 0) is 10.8 Å². The normalized spacial score (nSPS) is 17.1. The van der Waals surface area contributed by atoms with E-state index in [9.17, 15) is 9.59 Å². The lowest BCUT2D eigenvalue weighted by atomic mass is 9.63. The number of ether oxygens (including phenoxy) is 1. The lowest BCUT2D eigenvalue weighted by Crippen LogP contribution is -2.34. The van der Waals surface area contributed by atoms with Crippen molar-refractivity contribution in [2.75, 3.05) is 0 Å². The fraction of sp³-hybridized carbons (Fsp3) is 0.409. The van der Waals surface area contributed by atoms with Gasteiger partial charge in [-0.25, -0.2) is 14.6 Å². The van der Waals surface area contributed by atoms with E-state index in [1.54, 1.807) is 0 Å². The lowest BCUT2D eigenvalue weighted by Gasteiger charge is -2.42. The van der Waals surface area contributed by atoms with E-state index in [4.69, 9.17) is 9.84 Å². The summed E-state index contributed by atoms with van der Waals surface area (Å²) in [5.74, 6) is -1.15. The van der Waals surface area contributed by atoms with Crippen LogP contribution in [0.4, 0.5) is 0 Å². The number of rotatable bonds is 3. The highest BCUT2D eigenvalue weighted by atomic mass is 16.5. The van der Waals surface area contributed by atoms with Gasteiger partial charge in [-0.05, 0) is 65.5 Å². The van der Waals surface area contributed by atoms with E-state index in [-0.39, 0.29) is 22.1 Å². The molecule has 0 spiro atoms. The van der Waals surface area contributed by atoms with Crippen molar-refractivity contribution in [3.8, 4) is 5.75 Å². The molecule has 5 nitrogen and oxygen atoms in total. The third kappa shape index (κ3) is 3.59. The first-order valence-electron chi connectivity index (χ1n) is 9.08. The van der Waals surface area contributed by atoms with Gasteiger partial charge in [-0.15, -0.1) is 0 Å². The number of carboxylic acids is 1. The van der Waals surface area contributed by atoms with E-state index >= 15 is 0 Å². The molecule has 1 aliphatic rings. The minimum atomic E-state index is -1.13. The van der Waals surface area contributed by atoms with Gasteiger partial charge >= 0.3 is 11.9 Å². The van der Waals surface area contributed by atoms with Crippen molar-refractivity contribution in [3.63, 3.8) is 0 Å². The second kappa shape index (κ2) is 6.48. The third-order valence-corrected chi connectivity index (χ3v) is 5.57. The van der Waals surface area contributed by atoms with Crippen molar-refractivity contribution >= 4 is 11.9 Å². The molecule has 0 bridgehead atoms. The number of pyridine rings is 1. The monoisotopic (exact) mass is 367 g/mol. The van der Waals surface area contributed by atoms with Crippen LogP contribution in [0.5, 0.6) is 5.75 Å². The topological polar surface area (TPSA) is 76.5 Å². The Balaban J connectivity index is 1.94. The molecule has 0 amide bonds. The van der Waals surface area contributed by atoms with E-state index in [2.05, 4.69) is 38.7 Å². The first kappa shape index (κ1) is 19.1. The lowest BCUT2D eigenvalue weighted by molar-refractivity contribution is 0.0684. The van der Waals surface area contributed by atoms with E-state index in [0.717, 1.165) is 18.4 Å². The molecule has 3 rings (SSSR count). The summed E-state index contributed by atoms with van der Waals surface area (Å²) in [6, 6.07) is 6.83. The predicted molar refractivity (Wildman–Crippen MR) is 103 cm³/mol. The average molecular weight is 367 g/mol. The maximum atomic E-state index is 12.5. The first-order valence-corrected chi connectivity index (χ1v) is 9.08. The van der Waals surface area contributed by atoms with E-state index in [1.807, 2.05) is 13.0 Å². The highest BCUT2D eigenvalue weighted by Crippen LogP contribution is 2.47. The number of fused-ring (bicyclic) bond motifs is 1. The summed E-state index contributed by atoms with van der Waals surface area (Å²) >= 11 is 0. The molecule has 1 aromatic carbocycles. The van der Waals surface area contributed by atoms with Crippen molar-refractivity contribution < 1.29 is 19.4 Å². The number of benzene rings is 1. The maximum Gasteiger partial charge on any atom is 0.354 e. The zero-order valence-corrected chi connectivity index (χ0v) is 16.4. The molecule has 0 saturated heterocycles. The van der Waals surface area contributed by atoms with Crippen LogP contribution in [-0.4, -0.2) is 22.0 Å². The summed E-state index contributed by atoms with van der Waals surface area (Å²) in [4.78, 5) is 27.2. The SMILES string of the molecule is Cc1cc2c(cc1OC(=O)c1ccc(C(=O)O)nc1)C(C)(C)CCC2(C)C. The summed E-state index contributed by atoms with van der Waals surface area (Å²) in [6.07, 6.45) is 3.42. The molecule has 5 heteroatoms. The van der Waals surface area contributed by atoms with Crippen LogP contribution in [0.1, 0.15) is 78.1 Å². The van der Waals surface area contributed by atoms with Crippen molar-refractivity contribution in [2.45, 2.75) is 58.3 Å². The van der Waals surface area contributed by atoms with Crippen LogP contribution in [0.2, 0.25) is 0 Å². The van der Waals surface area contributed by atoms with Gasteiger partial charge in [-0.2, -0.15) is 0 Å². The molecule has 0 unspecified atom stereocenters. The van der Waals surface area contributed by atoms with E-state index in [1.165, 1.54) is 29.5 Å². The number of hydrogen-bond donors (Lipinski definition) is 1. The Morgan fingerprint density at radius 2 is 1.63 bits per heavy atom. The summed E-state index contributed by atoms with van der Waals surface area (Å²) in [7, 11) is 0. The molecule has 1 aromatic heterocycles. The Bertz CT molecular complexity index is 911. The molecule has 0 radical (unpaired) electrons. The summed E-state index contributed by atoms with van der Waals surface area (Å²) in [6.45, 7) is 10.9. The highest BCUT2D eigenvalue weighted by molar-refractivity contribution is 5.92. The van der Waals surface area contributed by atoms with E-state index < -0.39 is 11.9 Å². The van der Waals surface area contributed by atoms with Crippen LogP contribution in [0.3, 0.4) is 0 Å². The maximum absolute atomic E-state index is 12.5. The van der Waals surface area contributed by atoms with Gasteiger partial charge in [0.1, 0.15) is 11.4 Å². The van der Waals surface area contributed by atoms with Gasteiger partial charge in [0.2, 0.25) is 0 Å². The van der Waals surface area contributed by atoms with E-state index in [0.29, 0.717) is 5.75 Å². The van der Waals surface area contributed by atoms with Crippen LogP contribution in [0, 0.1) is 6.92 Å². The van der Waals surface area contributed by atoms with Gasteiger partial charge in [0, 0.05) is 6.20 Å². The number of esters is 1. The molecule has 2 aromatic rings. The van der Waals surface area contributed by atoms with Gasteiger partial charge in [0.05, 0.1) is 5.56 Å². The number of aryl methyl sites for hydroxylation is 1. The minimum absolute atomic E-state index is 0.0183. The van der Waals surface area contributed by atoms with Crippen molar-refractivity contribution in [3.05, 3.63) is 58.4 Å². The molecular formula is C22H25NO4. The van der Waals surface area contributed by atoms with Gasteiger partial charge in [0.25, 0.3) is 0 Å². The molecule has 27 heavy (non-hydrogen) atoms. The van der Waals surface area contributed by atoms with Gasteiger partial charge in [0.15, 0.2) is 0 Å². The van der Waals surface area contributed by atoms with Gasteiger partial charge in [-0.3, -0.25) is 0 Å². The smallest absolute Gasteiger partial charge is 0.354 e. The fourth-order valence-corrected chi connectivity index (χ4v) is 3.61. The molecule has 0 aliphatic heterocycles. The number of aromatic carboxylic acids is 1. The van der Waals surface area contributed by atoms with Crippen LogP contribution in [0.15, 0.2) is 30.5 Å². The standard InChI is InChI=1S/C22H25NO4/c1-13-10-15-16(22(4,5)9-8-21(15,2)3)11-18(13)27-20(26)14-6-7-17(19(24)25)23-12-14/h6-7,10-12H,8-9H2,1-5H3,(H,24,25). The molecular weight excluding hydrogens is 342 g/mol. The molecule has 0 atom stereocenters. The second-order valence-corrected chi connectivity index (χ2v) is 8.56. The summed E-state index contributed by atoms with van der Waals surface area (Å²) in [5.41, 5.74) is 3.65. The quantitative estimate of drug-likeness (QED) is 0.631. The molecule has 0 saturated carbocycles. The largest absolute Gasteiger partial charge is 0.477 e. The number of hydrogen-bond acceptors (Lipinski definition) is 4. The minimum Gasteiger partial charge on any atom is -0.477 e. The average Bonchev–Trinajstić information content (AvgIpc) is 2.60. The summed E-state index contributed by atoms with van der Waals surface area (Å²) in [5, 5.41) is 8.91. The zero-order chi connectivity index (χ0) is 20.0. The third-order valence-electron chi connectivity index (χ3n) is 5.57. The van der Waals surface area contributed by atoms with Crippen molar-refractivity contribution in [2.24, 2.45) is 0 Å². The Hall–Kier alpha value is -2.69. The van der Waals surface area contributed by atoms with Gasteiger partial charge < -0.3 is 9.84 Å². The molecule has 0 fully saturated rings. The molecule has 142 valence electrons. The van der Waals surface area contributed by atoms with Crippen LogP contribution in [0.25, 0.3) is 0 Å². The molecule has 1 N–H and O–H groups in total. The fourth-order valence-electron chi connectivity index (χ4n) is 3.61. The van der Waals surface area contributed by atoms with Crippen LogP contribution >= 0.6 is 0 Å². The zero-order valence-electron chi connectivity index (χ0n) is 16.4. The van der Waals surface area contributed by atoms with Crippen molar-refractivity contribution in [1.29, 1.82) is 0 Å². The molecule has 1 aliphatic carbocycles. The Morgan fingerprint density at radius 3 is 2.15 bits per heavy atom.